The van der Waals surface area contributed by atoms with Crippen LogP contribution in [-0.4, -0.2) is 65.0 Å². The van der Waals surface area contributed by atoms with Crippen LogP contribution in [0.4, 0.5) is 0 Å². The fourth-order valence-corrected chi connectivity index (χ4v) is 4.16. The molecule has 1 aromatic heterocycles. The third kappa shape index (κ3) is 4.22. The number of aryl methyl sites for hydroxylation is 1. The molecule has 0 bridgehead atoms. The number of rotatable bonds is 5. The van der Waals surface area contributed by atoms with E-state index in [0.717, 1.165) is 75.7 Å². The maximum Gasteiger partial charge on any atom is 0.244 e. The second kappa shape index (κ2) is 8.23. The first kappa shape index (κ1) is 18.2. The van der Waals surface area contributed by atoms with Crippen LogP contribution in [-0.2, 0) is 11.3 Å². The van der Waals surface area contributed by atoms with Gasteiger partial charge in [0.1, 0.15) is 11.8 Å². The second-order valence-electron chi connectivity index (χ2n) is 7.59. The van der Waals surface area contributed by atoms with Gasteiger partial charge in [0.05, 0.1) is 5.69 Å². The molecular weight excluding hydrogens is 340 g/mol. The van der Waals surface area contributed by atoms with Gasteiger partial charge in [0.15, 0.2) is 0 Å². The minimum absolute atomic E-state index is 0.166. The number of likely N-dealkylation sites (tertiary alicyclic amines) is 1. The molecule has 2 aliphatic heterocycles. The van der Waals surface area contributed by atoms with Crippen LogP contribution >= 0.6 is 0 Å². The zero-order valence-corrected chi connectivity index (χ0v) is 16.0. The van der Waals surface area contributed by atoms with Crippen LogP contribution in [0, 0.1) is 6.92 Å². The molecule has 2 fully saturated rings. The molecular formula is C21H28N4O2. The highest BCUT2D eigenvalue weighted by Crippen LogP contribution is 2.26. The summed E-state index contributed by atoms with van der Waals surface area (Å²) in [6.07, 6.45) is 2.25. The molecule has 0 spiro atoms. The molecule has 1 atom stereocenters. The quantitative estimate of drug-likeness (QED) is 0.811. The maximum absolute atomic E-state index is 13.3. The number of nitrogens with zero attached hydrogens (tertiary/aromatic N) is 4. The predicted octanol–water partition coefficient (Wildman–Crippen LogP) is 2.46. The Morgan fingerprint density at radius 2 is 1.78 bits per heavy atom. The van der Waals surface area contributed by atoms with Crippen molar-refractivity contribution in [1.29, 1.82) is 0 Å². The van der Waals surface area contributed by atoms with E-state index in [4.69, 9.17) is 4.52 Å². The first-order valence-electron chi connectivity index (χ1n) is 9.93. The Morgan fingerprint density at radius 3 is 2.41 bits per heavy atom. The van der Waals surface area contributed by atoms with Crippen molar-refractivity contribution in [1.82, 2.24) is 19.9 Å². The normalized spacial score (nSPS) is 20.1. The SMILES string of the molecule is Cc1cc(CN2CCN([C@@H](C(=O)N3CCCC3)c3ccccc3)CC2)no1. The van der Waals surface area contributed by atoms with E-state index in [9.17, 15) is 4.79 Å². The lowest BCUT2D eigenvalue weighted by molar-refractivity contribution is -0.137. The highest BCUT2D eigenvalue weighted by molar-refractivity contribution is 5.83. The van der Waals surface area contributed by atoms with Crippen LogP contribution in [0.1, 0.15) is 35.9 Å². The summed E-state index contributed by atoms with van der Waals surface area (Å²) in [7, 11) is 0. The molecule has 4 rings (SSSR count). The number of amides is 1. The van der Waals surface area contributed by atoms with Gasteiger partial charge in [-0.2, -0.15) is 0 Å². The van der Waals surface area contributed by atoms with E-state index in [-0.39, 0.29) is 11.9 Å². The highest BCUT2D eigenvalue weighted by Gasteiger charge is 2.34. The number of piperazine rings is 1. The van der Waals surface area contributed by atoms with Gasteiger partial charge in [0, 0.05) is 51.9 Å². The number of carbonyl (C=O) groups excluding carboxylic acids is 1. The van der Waals surface area contributed by atoms with Gasteiger partial charge in [-0.25, -0.2) is 0 Å². The molecule has 0 aliphatic carbocycles. The number of hydrogen-bond acceptors (Lipinski definition) is 5. The number of hydrogen-bond donors (Lipinski definition) is 0. The molecule has 0 radical (unpaired) electrons. The summed E-state index contributed by atoms with van der Waals surface area (Å²) in [4.78, 5) is 20.0. The van der Waals surface area contributed by atoms with Crippen molar-refractivity contribution in [3.8, 4) is 0 Å². The number of aromatic nitrogens is 1. The lowest BCUT2D eigenvalue weighted by Crippen LogP contribution is -2.51. The van der Waals surface area contributed by atoms with Gasteiger partial charge in [-0.1, -0.05) is 35.5 Å². The summed E-state index contributed by atoms with van der Waals surface area (Å²) >= 11 is 0. The average molecular weight is 368 g/mol. The largest absolute Gasteiger partial charge is 0.361 e. The van der Waals surface area contributed by atoms with E-state index in [1.165, 1.54) is 0 Å². The fourth-order valence-electron chi connectivity index (χ4n) is 4.16. The van der Waals surface area contributed by atoms with E-state index >= 15 is 0 Å². The second-order valence-corrected chi connectivity index (χ2v) is 7.59. The standard InChI is InChI=1S/C21H28N4O2/c1-17-15-19(22-27-17)16-23-11-13-24(14-12-23)20(18-7-3-2-4-8-18)21(26)25-9-5-6-10-25/h2-4,7-8,15,20H,5-6,9-14,16H2,1H3/t20-/m1/s1. The molecule has 1 aromatic carbocycles. The molecule has 144 valence electrons. The third-order valence-electron chi connectivity index (χ3n) is 5.60. The topological polar surface area (TPSA) is 52.8 Å². The van der Waals surface area contributed by atoms with E-state index in [1.54, 1.807) is 0 Å². The zero-order chi connectivity index (χ0) is 18.6. The molecule has 6 heteroatoms. The Bertz CT molecular complexity index is 747. The Hall–Kier alpha value is -2.18. The first-order valence-corrected chi connectivity index (χ1v) is 9.93. The predicted molar refractivity (Wildman–Crippen MR) is 103 cm³/mol. The minimum atomic E-state index is -0.166. The molecule has 0 saturated carbocycles. The monoisotopic (exact) mass is 368 g/mol. The summed E-state index contributed by atoms with van der Waals surface area (Å²) in [6, 6.07) is 12.1. The molecule has 2 aromatic rings. The summed E-state index contributed by atoms with van der Waals surface area (Å²) in [5, 5.41) is 4.10. The molecule has 2 aliphatic rings. The molecule has 2 saturated heterocycles. The van der Waals surface area contributed by atoms with E-state index in [2.05, 4.69) is 27.1 Å². The van der Waals surface area contributed by atoms with Crippen molar-refractivity contribution < 1.29 is 9.32 Å². The van der Waals surface area contributed by atoms with Gasteiger partial charge in [-0.15, -0.1) is 0 Å². The Kier molecular flexibility index (Phi) is 5.55. The van der Waals surface area contributed by atoms with E-state index in [0.29, 0.717) is 0 Å². The van der Waals surface area contributed by atoms with Gasteiger partial charge in [-0.3, -0.25) is 14.6 Å². The van der Waals surface area contributed by atoms with Crippen LogP contribution in [0.3, 0.4) is 0 Å². The smallest absolute Gasteiger partial charge is 0.244 e. The zero-order valence-electron chi connectivity index (χ0n) is 16.0. The molecule has 1 amide bonds. The van der Waals surface area contributed by atoms with Crippen LogP contribution in [0.15, 0.2) is 40.9 Å². The molecule has 27 heavy (non-hydrogen) atoms. The number of carbonyl (C=O) groups is 1. The summed E-state index contributed by atoms with van der Waals surface area (Å²) in [6.45, 7) is 8.16. The average Bonchev–Trinajstić information content (AvgIpc) is 3.36. The van der Waals surface area contributed by atoms with E-state index in [1.807, 2.05) is 36.1 Å². The van der Waals surface area contributed by atoms with Crippen molar-refractivity contribution in [2.45, 2.75) is 32.4 Å². The summed E-state index contributed by atoms with van der Waals surface area (Å²) in [5.41, 5.74) is 2.09. The molecule has 0 N–H and O–H groups in total. The van der Waals surface area contributed by atoms with Gasteiger partial charge in [-0.05, 0) is 25.3 Å². The third-order valence-corrected chi connectivity index (χ3v) is 5.60. The molecule has 6 nitrogen and oxygen atoms in total. The molecule has 3 heterocycles. The van der Waals surface area contributed by atoms with Gasteiger partial charge >= 0.3 is 0 Å². The lowest BCUT2D eigenvalue weighted by Gasteiger charge is -2.39. The minimum Gasteiger partial charge on any atom is -0.361 e. The van der Waals surface area contributed by atoms with Crippen LogP contribution in [0.25, 0.3) is 0 Å². The Morgan fingerprint density at radius 1 is 1.07 bits per heavy atom. The lowest BCUT2D eigenvalue weighted by atomic mass is 10.0. The highest BCUT2D eigenvalue weighted by atomic mass is 16.5. The van der Waals surface area contributed by atoms with Crippen molar-refractivity contribution in [3.63, 3.8) is 0 Å². The van der Waals surface area contributed by atoms with Crippen molar-refractivity contribution in [2.24, 2.45) is 0 Å². The van der Waals surface area contributed by atoms with Crippen molar-refractivity contribution in [3.05, 3.63) is 53.4 Å². The van der Waals surface area contributed by atoms with E-state index < -0.39 is 0 Å². The fraction of sp³-hybridized carbons (Fsp3) is 0.524. The van der Waals surface area contributed by atoms with Gasteiger partial charge in [0.25, 0.3) is 0 Å². The maximum atomic E-state index is 13.3. The Balaban J connectivity index is 1.44. The van der Waals surface area contributed by atoms with Gasteiger partial charge < -0.3 is 9.42 Å². The van der Waals surface area contributed by atoms with Crippen LogP contribution in [0.2, 0.25) is 0 Å². The van der Waals surface area contributed by atoms with Crippen molar-refractivity contribution >= 4 is 5.91 Å². The summed E-state index contributed by atoms with van der Waals surface area (Å²) in [5.74, 6) is 1.11. The molecule has 0 unspecified atom stereocenters. The van der Waals surface area contributed by atoms with Gasteiger partial charge in [0.2, 0.25) is 5.91 Å². The summed E-state index contributed by atoms with van der Waals surface area (Å²) < 4.78 is 5.17. The number of benzene rings is 1. The van der Waals surface area contributed by atoms with Crippen molar-refractivity contribution in [2.75, 3.05) is 39.3 Å². The van der Waals surface area contributed by atoms with Crippen LogP contribution < -0.4 is 0 Å². The van der Waals surface area contributed by atoms with Crippen LogP contribution in [0.5, 0.6) is 0 Å². The Labute approximate surface area is 160 Å². The first-order chi connectivity index (χ1) is 13.2.